The standard InChI is InChI=1S/C17H13F2N3O6/c18-11-3-1-10(2-4-11)17(25)20-8-16(24)28-9-15(23)21-14-7-12(22(26)27)5-6-13(14)19/h1-7H,8-9H2,(H,20,25)(H,21,23). The Morgan fingerprint density at radius 2 is 1.75 bits per heavy atom. The second-order valence-electron chi connectivity index (χ2n) is 5.32. The van der Waals surface area contributed by atoms with Gasteiger partial charge in [0.1, 0.15) is 18.2 Å². The van der Waals surface area contributed by atoms with Gasteiger partial charge in [-0.3, -0.25) is 24.5 Å². The molecular weight excluding hydrogens is 380 g/mol. The van der Waals surface area contributed by atoms with E-state index in [1.54, 1.807) is 0 Å². The Balaban J connectivity index is 1.80. The maximum atomic E-state index is 13.6. The molecular formula is C17H13F2N3O6. The second kappa shape index (κ2) is 9.16. The molecule has 0 atom stereocenters. The van der Waals surface area contributed by atoms with E-state index in [0.717, 1.165) is 30.3 Å². The summed E-state index contributed by atoms with van der Waals surface area (Å²) in [6, 6.07) is 7.14. The van der Waals surface area contributed by atoms with Crippen LogP contribution in [-0.2, 0) is 14.3 Å². The van der Waals surface area contributed by atoms with Crippen LogP contribution in [0.1, 0.15) is 10.4 Å². The summed E-state index contributed by atoms with van der Waals surface area (Å²) in [4.78, 5) is 44.9. The van der Waals surface area contributed by atoms with E-state index in [-0.39, 0.29) is 5.56 Å². The van der Waals surface area contributed by atoms with Gasteiger partial charge in [0.05, 0.1) is 10.6 Å². The van der Waals surface area contributed by atoms with Gasteiger partial charge < -0.3 is 15.4 Å². The van der Waals surface area contributed by atoms with E-state index in [4.69, 9.17) is 0 Å². The molecule has 0 aliphatic heterocycles. The van der Waals surface area contributed by atoms with Crippen LogP contribution in [0.5, 0.6) is 0 Å². The van der Waals surface area contributed by atoms with Gasteiger partial charge in [0.25, 0.3) is 17.5 Å². The van der Waals surface area contributed by atoms with E-state index >= 15 is 0 Å². The first-order chi connectivity index (χ1) is 13.3. The van der Waals surface area contributed by atoms with Gasteiger partial charge in [0.2, 0.25) is 0 Å². The van der Waals surface area contributed by atoms with Gasteiger partial charge in [0, 0.05) is 17.7 Å². The first-order valence-electron chi connectivity index (χ1n) is 7.69. The average molecular weight is 393 g/mol. The number of hydrogen-bond acceptors (Lipinski definition) is 6. The molecule has 0 unspecified atom stereocenters. The predicted octanol–water partition coefficient (Wildman–Crippen LogP) is 1.78. The van der Waals surface area contributed by atoms with Gasteiger partial charge >= 0.3 is 5.97 Å². The van der Waals surface area contributed by atoms with Gasteiger partial charge in [-0.25, -0.2) is 8.78 Å². The Kier molecular flexibility index (Phi) is 6.68. The zero-order chi connectivity index (χ0) is 20.7. The molecule has 0 saturated carbocycles. The van der Waals surface area contributed by atoms with Crippen molar-refractivity contribution in [1.29, 1.82) is 0 Å². The van der Waals surface area contributed by atoms with Crippen LogP contribution in [0.25, 0.3) is 0 Å². The topological polar surface area (TPSA) is 128 Å². The average Bonchev–Trinajstić information content (AvgIpc) is 2.66. The van der Waals surface area contributed by atoms with Crippen LogP contribution in [0.4, 0.5) is 20.2 Å². The number of nitrogens with one attached hydrogen (secondary N) is 2. The summed E-state index contributed by atoms with van der Waals surface area (Å²) in [7, 11) is 0. The Morgan fingerprint density at radius 3 is 2.39 bits per heavy atom. The maximum Gasteiger partial charge on any atom is 0.325 e. The summed E-state index contributed by atoms with van der Waals surface area (Å²) in [5.74, 6) is -3.97. The predicted molar refractivity (Wildman–Crippen MR) is 91.4 cm³/mol. The third-order valence-electron chi connectivity index (χ3n) is 3.30. The van der Waals surface area contributed by atoms with Crippen LogP contribution >= 0.6 is 0 Å². The molecule has 0 aromatic heterocycles. The molecule has 146 valence electrons. The summed E-state index contributed by atoms with van der Waals surface area (Å²) >= 11 is 0. The molecule has 0 aliphatic rings. The molecule has 2 rings (SSSR count). The molecule has 2 N–H and O–H groups in total. The number of nitro groups is 1. The minimum atomic E-state index is -0.954. The van der Waals surface area contributed by atoms with E-state index in [2.05, 4.69) is 10.1 Å². The highest BCUT2D eigenvalue weighted by atomic mass is 19.1. The molecule has 9 nitrogen and oxygen atoms in total. The van der Waals surface area contributed by atoms with Crippen molar-refractivity contribution in [1.82, 2.24) is 5.32 Å². The molecule has 0 fully saturated rings. The van der Waals surface area contributed by atoms with Crippen molar-refractivity contribution in [2.45, 2.75) is 0 Å². The molecule has 0 saturated heterocycles. The van der Waals surface area contributed by atoms with E-state index < -0.39 is 58.9 Å². The second-order valence-corrected chi connectivity index (χ2v) is 5.32. The maximum absolute atomic E-state index is 13.6. The van der Waals surface area contributed by atoms with Crippen molar-refractivity contribution >= 4 is 29.2 Å². The van der Waals surface area contributed by atoms with Crippen molar-refractivity contribution < 1.29 is 32.8 Å². The summed E-state index contributed by atoms with van der Waals surface area (Å²) in [5, 5.41) is 14.9. The zero-order valence-electron chi connectivity index (χ0n) is 14.1. The van der Waals surface area contributed by atoms with Crippen LogP contribution in [0.2, 0.25) is 0 Å². The number of ether oxygens (including phenoxy) is 1. The van der Waals surface area contributed by atoms with Crippen molar-refractivity contribution in [3.05, 3.63) is 69.8 Å². The van der Waals surface area contributed by atoms with Crippen LogP contribution < -0.4 is 10.6 Å². The van der Waals surface area contributed by atoms with Gasteiger partial charge in [0.15, 0.2) is 6.61 Å². The number of rotatable bonds is 7. The lowest BCUT2D eigenvalue weighted by atomic mass is 10.2. The number of non-ortho nitro benzene ring substituents is 1. The number of anilines is 1. The van der Waals surface area contributed by atoms with Crippen molar-refractivity contribution in [2.24, 2.45) is 0 Å². The number of nitro benzene ring substituents is 1. The molecule has 2 aromatic carbocycles. The third kappa shape index (κ3) is 5.83. The molecule has 0 heterocycles. The molecule has 0 spiro atoms. The smallest absolute Gasteiger partial charge is 0.325 e. The normalized spacial score (nSPS) is 10.1. The first-order valence-corrected chi connectivity index (χ1v) is 7.69. The largest absolute Gasteiger partial charge is 0.454 e. The number of hydrogen-bond donors (Lipinski definition) is 2. The van der Waals surface area contributed by atoms with Crippen LogP contribution in [-0.4, -0.2) is 35.9 Å². The Labute approximate surface area is 156 Å². The van der Waals surface area contributed by atoms with E-state index in [9.17, 15) is 33.3 Å². The number of benzene rings is 2. The van der Waals surface area contributed by atoms with Gasteiger partial charge in [-0.1, -0.05) is 0 Å². The van der Waals surface area contributed by atoms with Crippen LogP contribution in [0.3, 0.4) is 0 Å². The first kappa shape index (κ1) is 20.4. The fraction of sp³-hybridized carbons (Fsp3) is 0.118. The zero-order valence-corrected chi connectivity index (χ0v) is 14.1. The Hall–Kier alpha value is -3.89. The number of esters is 1. The quantitative estimate of drug-likeness (QED) is 0.419. The lowest BCUT2D eigenvalue weighted by Gasteiger charge is -2.08. The monoisotopic (exact) mass is 393 g/mol. The summed E-state index contributed by atoms with van der Waals surface area (Å²) in [6.45, 7) is -1.36. The summed E-state index contributed by atoms with van der Waals surface area (Å²) in [5.41, 5.74) is -0.759. The molecule has 28 heavy (non-hydrogen) atoms. The number of carbonyl (C=O) groups is 3. The molecule has 2 amide bonds. The van der Waals surface area contributed by atoms with Crippen LogP contribution in [0.15, 0.2) is 42.5 Å². The highest BCUT2D eigenvalue weighted by molar-refractivity contribution is 5.96. The SMILES string of the molecule is O=C(COC(=O)CNC(=O)c1ccc(F)cc1)Nc1cc([N+](=O)[O-])ccc1F. The lowest BCUT2D eigenvalue weighted by Crippen LogP contribution is -2.32. The third-order valence-corrected chi connectivity index (χ3v) is 3.30. The van der Waals surface area contributed by atoms with Gasteiger partial charge in [-0.05, 0) is 30.3 Å². The fourth-order valence-corrected chi connectivity index (χ4v) is 1.96. The van der Waals surface area contributed by atoms with Crippen LogP contribution in [0, 0.1) is 21.7 Å². The van der Waals surface area contributed by atoms with Crippen molar-refractivity contribution in [2.75, 3.05) is 18.5 Å². The Bertz CT molecular complexity index is 918. The highest BCUT2D eigenvalue weighted by Gasteiger charge is 2.15. The number of nitrogens with zero attached hydrogens (tertiary/aromatic N) is 1. The minimum absolute atomic E-state index is 0.119. The van der Waals surface area contributed by atoms with Gasteiger partial charge in [-0.2, -0.15) is 0 Å². The minimum Gasteiger partial charge on any atom is -0.454 e. The number of carbonyl (C=O) groups excluding carboxylic acids is 3. The van der Waals surface area contributed by atoms with Gasteiger partial charge in [-0.15, -0.1) is 0 Å². The van der Waals surface area contributed by atoms with E-state index in [1.807, 2.05) is 5.32 Å². The molecule has 0 radical (unpaired) electrons. The summed E-state index contributed by atoms with van der Waals surface area (Å²) in [6.07, 6.45) is 0. The Morgan fingerprint density at radius 1 is 1.07 bits per heavy atom. The molecule has 2 aromatic rings. The fourth-order valence-electron chi connectivity index (χ4n) is 1.96. The van der Waals surface area contributed by atoms with Crippen molar-refractivity contribution in [3.8, 4) is 0 Å². The molecule has 0 aliphatic carbocycles. The highest BCUT2D eigenvalue weighted by Crippen LogP contribution is 2.21. The van der Waals surface area contributed by atoms with E-state index in [0.29, 0.717) is 0 Å². The van der Waals surface area contributed by atoms with Crippen molar-refractivity contribution in [3.63, 3.8) is 0 Å². The summed E-state index contributed by atoms with van der Waals surface area (Å²) < 4.78 is 31.0. The lowest BCUT2D eigenvalue weighted by molar-refractivity contribution is -0.384. The molecule has 0 bridgehead atoms. The number of halogens is 2. The molecule has 11 heteroatoms. The van der Waals surface area contributed by atoms with E-state index in [1.165, 1.54) is 12.1 Å². The number of amides is 2.